The normalized spacial score (nSPS) is 21.0. The van der Waals surface area contributed by atoms with Crippen LogP contribution < -0.4 is 0 Å². The smallest absolute Gasteiger partial charge is 0.0850 e. The summed E-state index contributed by atoms with van der Waals surface area (Å²) in [5, 5.41) is 0. The second kappa shape index (κ2) is 2.91. The molecule has 0 N–H and O–H groups in total. The molecular formula is C11H14O. The Morgan fingerprint density at radius 2 is 2.17 bits per heavy atom. The second-order valence-electron chi connectivity index (χ2n) is 3.59. The molecule has 1 atom stereocenters. The molecule has 1 aromatic carbocycles. The highest BCUT2D eigenvalue weighted by Gasteiger charge is 2.22. The van der Waals surface area contributed by atoms with Gasteiger partial charge in [0.1, 0.15) is 0 Å². The zero-order valence-corrected chi connectivity index (χ0v) is 7.63. The van der Waals surface area contributed by atoms with E-state index in [1.165, 1.54) is 16.7 Å². The third-order valence-electron chi connectivity index (χ3n) is 2.35. The molecule has 1 aliphatic rings. The lowest BCUT2D eigenvalue weighted by molar-refractivity contribution is 0.407. The van der Waals surface area contributed by atoms with Gasteiger partial charge in [0.15, 0.2) is 0 Å². The zero-order chi connectivity index (χ0) is 8.55. The van der Waals surface area contributed by atoms with Crippen molar-refractivity contribution in [3.63, 3.8) is 0 Å². The Kier molecular flexibility index (Phi) is 1.89. The number of epoxide rings is 1. The third-order valence-corrected chi connectivity index (χ3v) is 2.35. The van der Waals surface area contributed by atoms with E-state index >= 15 is 0 Å². The minimum Gasteiger partial charge on any atom is -0.373 e. The maximum absolute atomic E-state index is 5.20. The fraction of sp³-hybridized carbons (Fsp3) is 0.455. The molecule has 1 fully saturated rings. The summed E-state index contributed by atoms with van der Waals surface area (Å²) < 4.78 is 5.20. The maximum atomic E-state index is 5.20. The molecule has 1 nitrogen and oxygen atoms in total. The topological polar surface area (TPSA) is 12.5 Å². The van der Waals surface area contributed by atoms with Crippen LogP contribution in [-0.4, -0.2) is 12.7 Å². The van der Waals surface area contributed by atoms with E-state index in [-0.39, 0.29) is 0 Å². The van der Waals surface area contributed by atoms with Gasteiger partial charge in [-0.05, 0) is 25.0 Å². The Morgan fingerprint density at radius 1 is 1.42 bits per heavy atom. The minimum atomic E-state index is 0.506. The Labute approximate surface area is 73.4 Å². The van der Waals surface area contributed by atoms with E-state index in [1.807, 2.05) is 0 Å². The van der Waals surface area contributed by atoms with Gasteiger partial charge in [-0.2, -0.15) is 0 Å². The van der Waals surface area contributed by atoms with Gasteiger partial charge in [0.25, 0.3) is 0 Å². The molecule has 64 valence electrons. The summed E-state index contributed by atoms with van der Waals surface area (Å²) in [6.45, 7) is 5.25. The van der Waals surface area contributed by atoms with Crippen molar-refractivity contribution in [2.24, 2.45) is 0 Å². The summed E-state index contributed by atoms with van der Waals surface area (Å²) in [5.41, 5.74) is 4.17. The van der Waals surface area contributed by atoms with Gasteiger partial charge in [0.05, 0.1) is 12.7 Å². The molecular weight excluding hydrogens is 148 g/mol. The van der Waals surface area contributed by atoms with Crippen LogP contribution in [-0.2, 0) is 11.2 Å². The first-order valence-electron chi connectivity index (χ1n) is 4.43. The van der Waals surface area contributed by atoms with Crippen molar-refractivity contribution in [3.05, 3.63) is 34.9 Å². The average molecular weight is 162 g/mol. The fourth-order valence-corrected chi connectivity index (χ4v) is 1.51. The summed E-state index contributed by atoms with van der Waals surface area (Å²) in [4.78, 5) is 0. The predicted molar refractivity (Wildman–Crippen MR) is 49.4 cm³/mol. The first-order chi connectivity index (χ1) is 5.75. The fourth-order valence-electron chi connectivity index (χ4n) is 1.51. The van der Waals surface area contributed by atoms with Crippen LogP contribution in [0.2, 0.25) is 0 Å². The lowest BCUT2D eigenvalue weighted by atomic mass is 10.0. The minimum absolute atomic E-state index is 0.506. The van der Waals surface area contributed by atoms with Gasteiger partial charge < -0.3 is 4.74 Å². The quantitative estimate of drug-likeness (QED) is 0.607. The molecule has 0 aliphatic carbocycles. The zero-order valence-electron chi connectivity index (χ0n) is 7.63. The van der Waals surface area contributed by atoms with Crippen molar-refractivity contribution in [3.8, 4) is 0 Å². The largest absolute Gasteiger partial charge is 0.373 e. The van der Waals surface area contributed by atoms with Crippen molar-refractivity contribution in [1.82, 2.24) is 0 Å². The second-order valence-corrected chi connectivity index (χ2v) is 3.59. The van der Waals surface area contributed by atoms with Gasteiger partial charge in [-0.1, -0.05) is 23.8 Å². The standard InChI is InChI=1S/C11H14O/c1-8-3-4-10(9(2)5-8)6-11-7-12-11/h3-5,11H,6-7H2,1-2H3. The van der Waals surface area contributed by atoms with Gasteiger partial charge >= 0.3 is 0 Å². The molecule has 1 heteroatoms. The van der Waals surface area contributed by atoms with Gasteiger partial charge in [0.2, 0.25) is 0 Å². The van der Waals surface area contributed by atoms with Gasteiger partial charge in [-0.25, -0.2) is 0 Å². The summed E-state index contributed by atoms with van der Waals surface area (Å²) in [6, 6.07) is 6.62. The highest BCUT2D eigenvalue weighted by Crippen LogP contribution is 2.19. The average Bonchev–Trinajstić information content (AvgIpc) is 2.79. The molecule has 1 unspecified atom stereocenters. The van der Waals surface area contributed by atoms with Crippen LogP contribution in [0.15, 0.2) is 18.2 Å². The monoisotopic (exact) mass is 162 g/mol. The van der Waals surface area contributed by atoms with Crippen LogP contribution in [0.4, 0.5) is 0 Å². The molecule has 0 spiro atoms. The molecule has 12 heavy (non-hydrogen) atoms. The molecule has 2 rings (SSSR count). The predicted octanol–water partition coefficient (Wildman–Crippen LogP) is 2.24. The number of benzene rings is 1. The van der Waals surface area contributed by atoms with Crippen LogP contribution in [0.3, 0.4) is 0 Å². The molecule has 1 aliphatic heterocycles. The molecule has 1 saturated heterocycles. The summed E-state index contributed by atoms with van der Waals surface area (Å²) in [7, 11) is 0. The van der Waals surface area contributed by atoms with Crippen LogP contribution in [0.25, 0.3) is 0 Å². The summed E-state index contributed by atoms with van der Waals surface area (Å²) in [6.07, 6.45) is 1.60. The number of rotatable bonds is 2. The third kappa shape index (κ3) is 1.67. The van der Waals surface area contributed by atoms with Crippen LogP contribution in [0, 0.1) is 13.8 Å². The van der Waals surface area contributed by atoms with Gasteiger partial charge in [0, 0.05) is 6.42 Å². The Hall–Kier alpha value is -0.820. The molecule has 0 radical (unpaired) electrons. The lowest BCUT2D eigenvalue weighted by Crippen LogP contribution is -1.95. The van der Waals surface area contributed by atoms with E-state index in [2.05, 4.69) is 32.0 Å². The highest BCUT2D eigenvalue weighted by atomic mass is 16.6. The number of aryl methyl sites for hydroxylation is 2. The Bertz CT molecular complexity index is 287. The van der Waals surface area contributed by atoms with Crippen molar-refractivity contribution < 1.29 is 4.74 Å². The van der Waals surface area contributed by atoms with Gasteiger partial charge in [-0.3, -0.25) is 0 Å². The number of ether oxygens (including phenoxy) is 1. The van der Waals surface area contributed by atoms with Crippen LogP contribution in [0.5, 0.6) is 0 Å². The van der Waals surface area contributed by atoms with E-state index in [0.29, 0.717) is 6.10 Å². The first-order valence-corrected chi connectivity index (χ1v) is 4.43. The molecule has 0 bridgehead atoms. The molecule has 1 heterocycles. The maximum Gasteiger partial charge on any atom is 0.0850 e. The highest BCUT2D eigenvalue weighted by molar-refractivity contribution is 5.31. The van der Waals surface area contributed by atoms with Crippen LogP contribution in [0.1, 0.15) is 16.7 Å². The van der Waals surface area contributed by atoms with Crippen molar-refractivity contribution in [2.45, 2.75) is 26.4 Å². The molecule has 0 saturated carbocycles. The number of hydrogen-bond acceptors (Lipinski definition) is 1. The van der Waals surface area contributed by atoms with E-state index in [1.54, 1.807) is 0 Å². The van der Waals surface area contributed by atoms with E-state index in [0.717, 1.165) is 13.0 Å². The summed E-state index contributed by atoms with van der Waals surface area (Å²) >= 11 is 0. The first kappa shape index (κ1) is 7.81. The van der Waals surface area contributed by atoms with Crippen molar-refractivity contribution >= 4 is 0 Å². The van der Waals surface area contributed by atoms with E-state index < -0.39 is 0 Å². The SMILES string of the molecule is Cc1ccc(CC2CO2)c(C)c1. The van der Waals surface area contributed by atoms with E-state index in [4.69, 9.17) is 4.74 Å². The summed E-state index contributed by atoms with van der Waals surface area (Å²) in [5.74, 6) is 0. The Balaban J connectivity index is 2.18. The lowest BCUT2D eigenvalue weighted by Gasteiger charge is -2.04. The van der Waals surface area contributed by atoms with Crippen LogP contribution >= 0.6 is 0 Å². The molecule has 0 aromatic heterocycles. The van der Waals surface area contributed by atoms with Gasteiger partial charge in [-0.15, -0.1) is 0 Å². The molecule has 1 aromatic rings. The van der Waals surface area contributed by atoms with Crippen molar-refractivity contribution in [2.75, 3.05) is 6.61 Å². The Morgan fingerprint density at radius 3 is 2.75 bits per heavy atom. The van der Waals surface area contributed by atoms with Crippen molar-refractivity contribution in [1.29, 1.82) is 0 Å². The molecule has 0 amide bonds. The van der Waals surface area contributed by atoms with E-state index in [9.17, 15) is 0 Å². The number of hydrogen-bond donors (Lipinski definition) is 0.